The van der Waals surface area contributed by atoms with Gasteiger partial charge in [0.15, 0.2) is 5.17 Å². The zero-order valence-electron chi connectivity index (χ0n) is 16.8. The number of nitrogens with two attached hydrogens (primary N) is 1. The first-order chi connectivity index (χ1) is 14.6. The van der Waals surface area contributed by atoms with Crippen molar-refractivity contribution in [1.29, 1.82) is 0 Å². The molecule has 1 atom stereocenters. The number of thioether (sulfide) groups is 1. The van der Waals surface area contributed by atoms with Crippen molar-refractivity contribution in [3.63, 3.8) is 0 Å². The molecule has 158 valence electrons. The lowest BCUT2D eigenvalue weighted by atomic mass is 9.72. The zero-order chi connectivity index (χ0) is 21.0. The van der Waals surface area contributed by atoms with Crippen molar-refractivity contribution in [3.05, 3.63) is 58.3 Å². The second kappa shape index (κ2) is 9.32. The van der Waals surface area contributed by atoms with Crippen LogP contribution in [0.4, 0.5) is 0 Å². The molecule has 1 aromatic heterocycles. The molecule has 0 bridgehead atoms. The number of aliphatic imine (C=N–C) groups is 1. The molecule has 3 heterocycles. The summed E-state index contributed by atoms with van der Waals surface area (Å²) in [6.07, 6.45) is 1.69. The Kier molecular flexibility index (Phi) is 6.55. The van der Waals surface area contributed by atoms with E-state index in [4.69, 9.17) is 5.73 Å². The van der Waals surface area contributed by atoms with Gasteiger partial charge in [0.05, 0.1) is 18.0 Å². The number of nitrogens with zero attached hydrogens (tertiary/aromatic N) is 2. The number of amidine groups is 1. The van der Waals surface area contributed by atoms with Gasteiger partial charge < -0.3 is 16.0 Å². The normalized spacial score (nSPS) is 19.2. The molecule has 30 heavy (non-hydrogen) atoms. The molecule has 4 rings (SSSR count). The first-order valence-corrected chi connectivity index (χ1v) is 12.1. The molecule has 0 saturated carbocycles. The number of carbonyl (C=O) groups excluding carboxylic acids is 2. The van der Waals surface area contributed by atoms with E-state index in [0.717, 1.165) is 22.7 Å². The molecule has 2 aromatic rings. The number of rotatable bonds is 5. The van der Waals surface area contributed by atoms with Gasteiger partial charge in [-0.15, -0.1) is 11.3 Å². The van der Waals surface area contributed by atoms with Crippen LogP contribution < -0.4 is 11.1 Å². The number of thiophene rings is 1. The molecule has 0 unspecified atom stereocenters. The Morgan fingerprint density at radius 3 is 2.57 bits per heavy atom. The predicted molar refractivity (Wildman–Crippen MR) is 123 cm³/mol. The Bertz CT molecular complexity index is 906. The lowest BCUT2D eigenvalue weighted by Gasteiger charge is -2.41. The number of hydrogen-bond donors (Lipinski definition) is 2. The zero-order valence-corrected chi connectivity index (χ0v) is 18.4. The molecule has 0 radical (unpaired) electrons. The van der Waals surface area contributed by atoms with E-state index in [2.05, 4.69) is 10.3 Å². The summed E-state index contributed by atoms with van der Waals surface area (Å²) >= 11 is 3.19. The monoisotopic (exact) mass is 442 g/mol. The summed E-state index contributed by atoms with van der Waals surface area (Å²) in [5.74, 6) is 0.830. The van der Waals surface area contributed by atoms with Crippen LogP contribution in [0.1, 0.15) is 23.3 Å². The Hall–Kier alpha value is -2.16. The van der Waals surface area contributed by atoms with Gasteiger partial charge in [-0.3, -0.25) is 14.6 Å². The Morgan fingerprint density at radius 2 is 1.93 bits per heavy atom. The number of piperidine rings is 1. The number of carbonyl (C=O) groups is 2. The van der Waals surface area contributed by atoms with E-state index in [-0.39, 0.29) is 11.8 Å². The van der Waals surface area contributed by atoms with E-state index in [0.29, 0.717) is 37.5 Å². The lowest BCUT2D eigenvalue weighted by molar-refractivity contribution is -0.137. The van der Waals surface area contributed by atoms with Gasteiger partial charge >= 0.3 is 0 Å². The first-order valence-electron chi connectivity index (χ1n) is 10.2. The Balaban J connectivity index is 1.47. The van der Waals surface area contributed by atoms with E-state index in [1.54, 1.807) is 23.1 Å². The summed E-state index contributed by atoms with van der Waals surface area (Å²) < 4.78 is 0. The van der Waals surface area contributed by atoms with Crippen molar-refractivity contribution < 1.29 is 9.59 Å². The maximum Gasteiger partial charge on any atom is 0.239 e. The van der Waals surface area contributed by atoms with Gasteiger partial charge in [0, 0.05) is 30.1 Å². The summed E-state index contributed by atoms with van der Waals surface area (Å²) in [6.45, 7) is 1.76. The largest absolute Gasteiger partial charge is 0.341 e. The molecule has 6 nitrogen and oxygen atoms in total. The van der Waals surface area contributed by atoms with Crippen molar-refractivity contribution >= 4 is 40.1 Å². The number of likely N-dealkylation sites (tertiary alicyclic amines) is 1. The minimum absolute atomic E-state index is 0.0307. The van der Waals surface area contributed by atoms with Crippen molar-refractivity contribution in [1.82, 2.24) is 10.2 Å². The third kappa shape index (κ3) is 4.45. The molecule has 0 spiro atoms. The Labute approximate surface area is 184 Å². The molecule has 2 aliphatic rings. The second-order valence-corrected chi connectivity index (χ2v) is 9.77. The first kappa shape index (κ1) is 21.1. The van der Waals surface area contributed by atoms with Gasteiger partial charge in [-0.25, -0.2) is 0 Å². The van der Waals surface area contributed by atoms with Crippen LogP contribution in [-0.2, 0) is 21.4 Å². The van der Waals surface area contributed by atoms with E-state index in [9.17, 15) is 9.59 Å². The SMILES string of the molecule is N[C@@H](Cc1cccs1)C(=O)N1CCC(C(=O)NC2=NCCS2)(c2ccccc2)CC1. The standard InChI is InChI=1S/C22H26N4O2S2/c23-18(15-17-7-4-13-29-17)19(27)26-11-8-22(9-12-26,16-5-2-1-3-6-16)20(28)25-21-24-10-14-30-21/h1-7,13,18H,8-12,14-15,23H2,(H,24,25,28)/t18-/m0/s1. The maximum atomic E-state index is 13.4. The van der Waals surface area contributed by atoms with Crippen molar-refractivity contribution in [2.24, 2.45) is 10.7 Å². The van der Waals surface area contributed by atoms with E-state index in [1.807, 2.05) is 52.7 Å². The van der Waals surface area contributed by atoms with Crippen LogP contribution in [0.15, 0.2) is 52.8 Å². The topological polar surface area (TPSA) is 87.8 Å². The van der Waals surface area contributed by atoms with Gasteiger partial charge in [-0.2, -0.15) is 0 Å². The van der Waals surface area contributed by atoms with Gasteiger partial charge in [-0.05, 0) is 29.9 Å². The molecule has 1 saturated heterocycles. The van der Waals surface area contributed by atoms with Gasteiger partial charge in [0.25, 0.3) is 0 Å². The van der Waals surface area contributed by atoms with Crippen molar-refractivity contribution in [3.8, 4) is 0 Å². The predicted octanol–water partition coefficient (Wildman–Crippen LogP) is 2.40. The van der Waals surface area contributed by atoms with Crippen LogP contribution in [0.2, 0.25) is 0 Å². The van der Waals surface area contributed by atoms with Crippen molar-refractivity contribution in [2.45, 2.75) is 30.7 Å². The molecular formula is C22H26N4O2S2. The van der Waals surface area contributed by atoms with Crippen molar-refractivity contribution in [2.75, 3.05) is 25.4 Å². The summed E-state index contributed by atoms with van der Waals surface area (Å²) in [5.41, 5.74) is 6.53. The number of nitrogens with one attached hydrogen (secondary N) is 1. The third-order valence-corrected chi connectivity index (χ3v) is 7.60. The van der Waals surface area contributed by atoms with Crippen LogP contribution >= 0.6 is 23.1 Å². The molecule has 8 heteroatoms. The molecule has 2 aliphatic heterocycles. The highest BCUT2D eigenvalue weighted by molar-refractivity contribution is 8.14. The van der Waals surface area contributed by atoms with Crippen LogP contribution in [-0.4, -0.2) is 53.3 Å². The minimum atomic E-state index is -0.665. The lowest BCUT2D eigenvalue weighted by Crippen LogP contribution is -2.55. The maximum absolute atomic E-state index is 13.4. The van der Waals surface area contributed by atoms with Crippen LogP contribution in [0.25, 0.3) is 0 Å². The van der Waals surface area contributed by atoms with Gasteiger partial charge in [0.1, 0.15) is 0 Å². The van der Waals surface area contributed by atoms with Crippen LogP contribution in [0.5, 0.6) is 0 Å². The fourth-order valence-electron chi connectivity index (χ4n) is 4.11. The van der Waals surface area contributed by atoms with Crippen LogP contribution in [0, 0.1) is 0 Å². The quantitative estimate of drug-likeness (QED) is 0.744. The van der Waals surface area contributed by atoms with Gasteiger partial charge in [-0.1, -0.05) is 48.2 Å². The number of hydrogen-bond acceptors (Lipinski definition) is 6. The smallest absolute Gasteiger partial charge is 0.239 e. The average Bonchev–Trinajstić information content (AvgIpc) is 3.48. The third-order valence-electron chi connectivity index (χ3n) is 5.81. The number of amides is 2. The second-order valence-electron chi connectivity index (χ2n) is 7.65. The summed E-state index contributed by atoms with van der Waals surface area (Å²) in [7, 11) is 0. The van der Waals surface area contributed by atoms with E-state index < -0.39 is 11.5 Å². The highest BCUT2D eigenvalue weighted by Crippen LogP contribution is 2.36. The molecule has 3 N–H and O–H groups in total. The highest BCUT2D eigenvalue weighted by atomic mass is 32.2. The minimum Gasteiger partial charge on any atom is -0.341 e. The Morgan fingerprint density at radius 1 is 1.17 bits per heavy atom. The fraction of sp³-hybridized carbons (Fsp3) is 0.409. The number of benzene rings is 1. The molecule has 0 aliphatic carbocycles. The molecule has 1 fully saturated rings. The van der Waals surface area contributed by atoms with Gasteiger partial charge in [0.2, 0.25) is 11.8 Å². The van der Waals surface area contributed by atoms with E-state index >= 15 is 0 Å². The molecule has 1 aromatic carbocycles. The van der Waals surface area contributed by atoms with E-state index in [1.165, 1.54) is 0 Å². The average molecular weight is 443 g/mol. The molecular weight excluding hydrogens is 416 g/mol. The summed E-state index contributed by atoms with van der Waals surface area (Å²) in [5, 5.41) is 5.73. The summed E-state index contributed by atoms with van der Waals surface area (Å²) in [6, 6.07) is 13.3. The highest BCUT2D eigenvalue weighted by Gasteiger charge is 2.44. The molecule has 2 amide bonds. The van der Waals surface area contributed by atoms with Crippen LogP contribution in [0.3, 0.4) is 0 Å². The summed E-state index contributed by atoms with van der Waals surface area (Å²) in [4.78, 5) is 33.6. The fourth-order valence-corrected chi connectivity index (χ4v) is 5.60.